The zero-order valence-electron chi connectivity index (χ0n) is 23.9. The molecule has 0 fully saturated rings. The van der Waals surface area contributed by atoms with Gasteiger partial charge in [-0.05, 0) is 79.1 Å². The van der Waals surface area contributed by atoms with Gasteiger partial charge in [0.05, 0.1) is 25.9 Å². The molecule has 0 atom stereocenters. The highest BCUT2D eigenvalue weighted by molar-refractivity contribution is 5.96. The topological polar surface area (TPSA) is 71.1 Å². The van der Waals surface area contributed by atoms with E-state index in [0.717, 1.165) is 35.8 Å². The molecular weight excluding hydrogens is 504 g/mol. The summed E-state index contributed by atoms with van der Waals surface area (Å²) in [6, 6.07) is 18.4. The Bertz CT molecular complexity index is 1230. The van der Waals surface area contributed by atoms with Gasteiger partial charge in [0.2, 0.25) is 0 Å². The van der Waals surface area contributed by atoms with E-state index in [1.807, 2.05) is 30.3 Å². The van der Waals surface area contributed by atoms with Gasteiger partial charge in [-0.25, -0.2) is 9.59 Å². The Balaban J connectivity index is 1.25. The van der Waals surface area contributed by atoms with E-state index < -0.39 is 5.97 Å². The molecule has 0 N–H and O–H groups in total. The Morgan fingerprint density at radius 3 is 1.80 bits per heavy atom. The molecule has 0 amide bonds. The van der Waals surface area contributed by atoms with Crippen LogP contribution in [0.3, 0.4) is 0 Å². The smallest absolute Gasteiger partial charge is 0.343 e. The van der Waals surface area contributed by atoms with Gasteiger partial charge in [-0.15, -0.1) is 0 Å². The van der Waals surface area contributed by atoms with E-state index >= 15 is 0 Å². The van der Waals surface area contributed by atoms with Crippen molar-refractivity contribution < 1.29 is 28.5 Å². The molecule has 0 saturated carbocycles. The van der Waals surface area contributed by atoms with Gasteiger partial charge in [0, 0.05) is 5.57 Å². The maximum Gasteiger partial charge on any atom is 0.343 e. The predicted octanol–water partition coefficient (Wildman–Crippen LogP) is 8.47. The molecule has 0 saturated heterocycles. The molecule has 0 aromatic heterocycles. The summed E-state index contributed by atoms with van der Waals surface area (Å²) in [6.45, 7) is 6.45. The standard InChI is InChI=1S/C34H42O6/c1-26(2)33(35)39-23-13-11-9-7-5-4-6-8-10-12-22-38-32-17-16-27-24-29(15-14-28(27)25-32)34(36)40-31-20-18-30(37-3)19-21-31/h14-21,24-25H,1,4-13,22-23H2,2-3H3. The van der Waals surface area contributed by atoms with Gasteiger partial charge in [-0.1, -0.05) is 70.1 Å². The highest BCUT2D eigenvalue weighted by atomic mass is 16.5. The number of carbonyl (C=O) groups excluding carboxylic acids is 2. The predicted molar refractivity (Wildman–Crippen MR) is 159 cm³/mol. The fourth-order valence-electron chi connectivity index (χ4n) is 4.35. The first kappa shape index (κ1) is 30.7. The van der Waals surface area contributed by atoms with E-state index in [1.165, 1.54) is 44.9 Å². The Kier molecular flexibility index (Phi) is 13.1. The molecule has 3 aromatic rings. The quantitative estimate of drug-likeness (QED) is 0.0690. The third-order valence-electron chi connectivity index (χ3n) is 6.71. The number of ether oxygens (including phenoxy) is 4. The summed E-state index contributed by atoms with van der Waals surface area (Å²) < 4.78 is 21.7. The van der Waals surface area contributed by atoms with Crippen LogP contribution in [0.1, 0.15) is 81.5 Å². The summed E-state index contributed by atoms with van der Waals surface area (Å²) in [6.07, 6.45) is 11.7. The SMILES string of the molecule is C=C(C)C(=O)OCCCCCCCCCCCCOc1ccc2cc(C(=O)Oc3ccc(OC)cc3)ccc2c1. The summed E-state index contributed by atoms with van der Waals surface area (Å²) in [5.74, 6) is 1.34. The monoisotopic (exact) mass is 546 g/mol. The Morgan fingerprint density at radius 1 is 0.650 bits per heavy atom. The van der Waals surface area contributed by atoms with Crippen LogP contribution in [0.25, 0.3) is 10.8 Å². The number of esters is 2. The maximum atomic E-state index is 12.6. The lowest BCUT2D eigenvalue weighted by molar-refractivity contribution is -0.139. The molecule has 0 unspecified atom stereocenters. The van der Waals surface area contributed by atoms with E-state index in [-0.39, 0.29) is 5.97 Å². The third kappa shape index (κ3) is 10.8. The second-order valence-corrected chi connectivity index (χ2v) is 10.1. The fraction of sp³-hybridized carbons (Fsp3) is 0.412. The average Bonchev–Trinajstić information content (AvgIpc) is 2.97. The van der Waals surface area contributed by atoms with Gasteiger partial charge in [0.25, 0.3) is 0 Å². The first-order valence-corrected chi connectivity index (χ1v) is 14.3. The molecule has 0 aliphatic carbocycles. The third-order valence-corrected chi connectivity index (χ3v) is 6.71. The van der Waals surface area contributed by atoms with E-state index in [9.17, 15) is 9.59 Å². The number of unbranched alkanes of at least 4 members (excludes halogenated alkanes) is 9. The number of benzene rings is 3. The molecule has 6 heteroatoms. The first-order valence-electron chi connectivity index (χ1n) is 14.3. The Morgan fingerprint density at radius 2 is 1.18 bits per heavy atom. The van der Waals surface area contributed by atoms with Gasteiger partial charge in [-0.2, -0.15) is 0 Å². The highest BCUT2D eigenvalue weighted by Crippen LogP contribution is 2.24. The van der Waals surface area contributed by atoms with Crippen LogP contribution in [-0.4, -0.2) is 32.3 Å². The molecule has 0 radical (unpaired) electrons. The number of hydrogen-bond acceptors (Lipinski definition) is 6. The van der Waals surface area contributed by atoms with Crippen LogP contribution in [-0.2, 0) is 9.53 Å². The molecular formula is C34H42O6. The highest BCUT2D eigenvalue weighted by Gasteiger charge is 2.10. The van der Waals surface area contributed by atoms with E-state index in [2.05, 4.69) is 6.58 Å². The van der Waals surface area contributed by atoms with Crippen LogP contribution in [0.2, 0.25) is 0 Å². The molecule has 0 aliphatic rings. The molecule has 3 aromatic carbocycles. The van der Waals surface area contributed by atoms with Crippen molar-refractivity contribution in [1.29, 1.82) is 0 Å². The number of rotatable bonds is 18. The van der Waals surface area contributed by atoms with Crippen molar-refractivity contribution in [3.8, 4) is 17.2 Å². The zero-order chi connectivity index (χ0) is 28.6. The van der Waals surface area contributed by atoms with Crippen molar-refractivity contribution in [3.05, 3.63) is 78.4 Å². The number of hydrogen-bond donors (Lipinski definition) is 0. The van der Waals surface area contributed by atoms with Gasteiger partial charge < -0.3 is 18.9 Å². The van der Waals surface area contributed by atoms with Crippen LogP contribution >= 0.6 is 0 Å². The van der Waals surface area contributed by atoms with Crippen molar-refractivity contribution in [1.82, 2.24) is 0 Å². The first-order chi connectivity index (χ1) is 19.5. The summed E-state index contributed by atoms with van der Waals surface area (Å²) >= 11 is 0. The van der Waals surface area contributed by atoms with E-state index in [4.69, 9.17) is 18.9 Å². The lowest BCUT2D eigenvalue weighted by atomic mass is 10.1. The number of methoxy groups -OCH3 is 1. The molecule has 3 rings (SSSR count). The largest absolute Gasteiger partial charge is 0.497 e. The minimum atomic E-state index is -0.397. The van der Waals surface area contributed by atoms with Crippen LogP contribution < -0.4 is 14.2 Å². The fourth-order valence-corrected chi connectivity index (χ4v) is 4.35. The van der Waals surface area contributed by atoms with Crippen LogP contribution in [0.4, 0.5) is 0 Å². The summed E-state index contributed by atoms with van der Waals surface area (Å²) in [7, 11) is 1.59. The van der Waals surface area contributed by atoms with Crippen LogP contribution in [0.5, 0.6) is 17.2 Å². The van der Waals surface area contributed by atoms with Crippen molar-refractivity contribution in [2.24, 2.45) is 0 Å². The summed E-state index contributed by atoms with van der Waals surface area (Å²) in [4.78, 5) is 23.9. The zero-order valence-corrected chi connectivity index (χ0v) is 23.9. The van der Waals surface area contributed by atoms with Gasteiger partial charge in [-0.3, -0.25) is 0 Å². The summed E-state index contributed by atoms with van der Waals surface area (Å²) in [5, 5.41) is 1.98. The van der Waals surface area contributed by atoms with Gasteiger partial charge in [0.15, 0.2) is 0 Å². The molecule has 214 valence electrons. The van der Waals surface area contributed by atoms with Crippen molar-refractivity contribution in [2.45, 2.75) is 71.1 Å². The average molecular weight is 547 g/mol. The van der Waals surface area contributed by atoms with Crippen LogP contribution in [0.15, 0.2) is 72.8 Å². The Hall–Kier alpha value is -3.80. The lowest BCUT2D eigenvalue weighted by Gasteiger charge is -2.09. The van der Waals surface area contributed by atoms with Gasteiger partial charge >= 0.3 is 11.9 Å². The van der Waals surface area contributed by atoms with E-state index in [0.29, 0.717) is 35.8 Å². The Labute approximate surface area is 238 Å². The second kappa shape index (κ2) is 17.0. The van der Waals surface area contributed by atoms with Crippen LogP contribution in [0, 0.1) is 0 Å². The molecule has 0 spiro atoms. The van der Waals surface area contributed by atoms with Crippen molar-refractivity contribution in [2.75, 3.05) is 20.3 Å². The van der Waals surface area contributed by atoms with Gasteiger partial charge in [0.1, 0.15) is 17.2 Å². The molecule has 0 aliphatic heterocycles. The normalized spacial score (nSPS) is 10.8. The molecule has 40 heavy (non-hydrogen) atoms. The lowest BCUT2D eigenvalue weighted by Crippen LogP contribution is -2.08. The number of carbonyl (C=O) groups is 2. The van der Waals surface area contributed by atoms with Crippen molar-refractivity contribution >= 4 is 22.7 Å². The second-order valence-electron chi connectivity index (χ2n) is 10.1. The number of fused-ring (bicyclic) bond motifs is 1. The molecule has 0 heterocycles. The van der Waals surface area contributed by atoms with E-state index in [1.54, 1.807) is 44.4 Å². The minimum Gasteiger partial charge on any atom is -0.497 e. The summed E-state index contributed by atoms with van der Waals surface area (Å²) in [5.41, 5.74) is 0.960. The maximum absolute atomic E-state index is 12.6. The van der Waals surface area contributed by atoms with Crippen molar-refractivity contribution in [3.63, 3.8) is 0 Å². The molecule has 0 bridgehead atoms. The minimum absolute atomic E-state index is 0.288. The molecule has 6 nitrogen and oxygen atoms in total.